The average Bonchev–Trinajstić information content (AvgIpc) is 2.30. The molecule has 1 heterocycles. The van der Waals surface area contributed by atoms with E-state index in [4.69, 9.17) is 10.5 Å². The van der Waals surface area contributed by atoms with Crippen LogP contribution >= 0.6 is 0 Å². The molecule has 16 heavy (non-hydrogen) atoms. The maximum atomic E-state index is 5.57. The van der Waals surface area contributed by atoms with E-state index in [1.54, 1.807) is 12.3 Å². The second-order valence-corrected chi connectivity index (χ2v) is 3.69. The van der Waals surface area contributed by atoms with E-state index < -0.39 is 0 Å². The first-order valence-corrected chi connectivity index (χ1v) is 5.14. The number of nitrogen functional groups attached to an aromatic ring is 1. The Bertz CT molecular complexity index is 403. The van der Waals surface area contributed by atoms with Gasteiger partial charge < -0.3 is 10.5 Å². The fourth-order valence-electron chi connectivity index (χ4n) is 1.33. The van der Waals surface area contributed by atoms with E-state index in [0.29, 0.717) is 12.4 Å². The summed E-state index contributed by atoms with van der Waals surface area (Å²) >= 11 is 0. The Balaban J connectivity index is 1.97. The van der Waals surface area contributed by atoms with Gasteiger partial charge in [-0.05, 0) is 24.6 Å². The van der Waals surface area contributed by atoms with Crippen LogP contribution in [-0.4, -0.2) is 4.98 Å². The van der Waals surface area contributed by atoms with E-state index in [-0.39, 0.29) is 0 Å². The van der Waals surface area contributed by atoms with Crippen LogP contribution in [0.25, 0.3) is 0 Å². The van der Waals surface area contributed by atoms with Crippen LogP contribution in [0.3, 0.4) is 0 Å². The van der Waals surface area contributed by atoms with E-state index >= 15 is 0 Å². The minimum atomic E-state index is 0.502. The minimum Gasteiger partial charge on any atom is -0.487 e. The Morgan fingerprint density at radius 2 is 1.88 bits per heavy atom. The molecule has 3 nitrogen and oxygen atoms in total. The van der Waals surface area contributed by atoms with Gasteiger partial charge in [-0.3, -0.25) is 0 Å². The molecule has 0 unspecified atom stereocenters. The highest BCUT2D eigenvalue weighted by atomic mass is 16.5. The Morgan fingerprint density at radius 3 is 2.50 bits per heavy atom. The maximum absolute atomic E-state index is 5.57. The van der Waals surface area contributed by atoms with Crippen LogP contribution in [0.4, 0.5) is 5.82 Å². The number of aryl methyl sites for hydroxylation is 1. The lowest BCUT2D eigenvalue weighted by atomic mass is 10.2. The van der Waals surface area contributed by atoms with Crippen molar-refractivity contribution in [2.75, 3.05) is 5.73 Å². The van der Waals surface area contributed by atoms with E-state index in [0.717, 1.165) is 11.3 Å². The van der Waals surface area contributed by atoms with E-state index in [9.17, 15) is 0 Å². The summed E-state index contributed by atoms with van der Waals surface area (Å²) in [7, 11) is 0. The van der Waals surface area contributed by atoms with Gasteiger partial charge in [-0.1, -0.05) is 29.8 Å². The summed E-state index contributed by atoms with van der Waals surface area (Å²) in [5.41, 5.74) is 7.87. The van der Waals surface area contributed by atoms with Crippen molar-refractivity contribution in [3.8, 4) is 5.75 Å². The van der Waals surface area contributed by atoms with Gasteiger partial charge in [-0.2, -0.15) is 0 Å². The molecule has 0 saturated heterocycles. The summed E-state index contributed by atoms with van der Waals surface area (Å²) < 4.78 is 5.57. The predicted molar refractivity (Wildman–Crippen MR) is 64.2 cm³/mol. The van der Waals surface area contributed by atoms with Crippen molar-refractivity contribution in [2.24, 2.45) is 0 Å². The number of benzene rings is 1. The Morgan fingerprint density at radius 1 is 1.12 bits per heavy atom. The molecule has 0 radical (unpaired) electrons. The van der Waals surface area contributed by atoms with Crippen molar-refractivity contribution in [3.05, 3.63) is 53.7 Å². The third-order valence-corrected chi connectivity index (χ3v) is 2.29. The lowest BCUT2D eigenvalue weighted by molar-refractivity contribution is 0.305. The number of anilines is 1. The zero-order valence-electron chi connectivity index (χ0n) is 9.18. The summed E-state index contributed by atoms with van der Waals surface area (Å²) in [6.45, 7) is 2.61. The number of nitrogens with two attached hydrogens (primary N) is 1. The standard InChI is InChI=1S/C13H14N2O/c1-10-2-4-11(5-3-10)9-16-12-6-7-13(14)15-8-12/h2-8H,9H2,1H3,(H2,14,15). The fraction of sp³-hybridized carbons (Fsp3) is 0.154. The van der Waals surface area contributed by atoms with E-state index in [1.807, 2.05) is 6.07 Å². The fourth-order valence-corrected chi connectivity index (χ4v) is 1.33. The summed E-state index contributed by atoms with van der Waals surface area (Å²) in [5, 5.41) is 0. The first-order valence-electron chi connectivity index (χ1n) is 5.14. The van der Waals surface area contributed by atoms with Crippen LogP contribution < -0.4 is 10.5 Å². The van der Waals surface area contributed by atoms with Gasteiger partial charge in [0.1, 0.15) is 18.2 Å². The summed E-state index contributed by atoms with van der Waals surface area (Å²) in [5.74, 6) is 1.23. The molecule has 1 aromatic carbocycles. The molecule has 0 aliphatic heterocycles. The average molecular weight is 214 g/mol. The number of aromatic nitrogens is 1. The van der Waals surface area contributed by atoms with Gasteiger partial charge in [-0.25, -0.2) is 4.98 Å². The van der Waals surface area contributed by atoms with Crippen molar-refractivity contribution >= 4 is 5.82 Å². The molecular formula is C13H14N2O. The van der Waals surface area contributed by atoms with Crippen LogP contribution in [0.1, 0.15) is 11.1 Å². The third kappa shape index (κ3) is 2.73. The van der Waals surface area contributed by atoms with Crippen molar-refractivity contribution in [1.82, 2.24) is 4.98 Å². The number of ether oxygens (including phenoxy) is 1. The first-order chi connectivity index (χ1) is 7.74. The molecule has 0 saturated carbocycles. The molecule has 0 aliphatic carbocycles. The summed E-state index contributed by atoms with van der Waals surface area (Å²) in [4.78, 5) is 3.96. The van der Waals surface area contributed by atoms with Gasteiger partial charge in [0, 0.05) is 0 Å². The first kappa shape index (κ1) is 10.5. The smallest absolute Gasteiger partial charge is 0.138 e. The molecule has 0 aliphatic rings. The van der Waals surface area contributed by atoms with Crippen LogP contribution in [0.15, 0.2) is 42.6 Å². The molecule has 1 aromatic heterocycles. The quantitative estimate of drug-likeness (QED) is 0.854. The number of hydrogen-bond acceptors (Lipinski definition) is 3. The molecule has 2 N–H and O–H groups in total. The second kappa shape index (κ2) is 4.66. The number of nitrogens with zero attached hydrogens (tertiary/aromatic N) is 1. The molecule has 0 spiro atoms. The van der Waals surface area contributed by atoms with Crippen LogP contribution in [0.2, 0.25) is 0 Å². The summed E-state index contributed by atoms with van der Waals surface area (Å²) in [6.07, 6.45) is 1.63. The largest absolute Gasteiger partial charge is 0.487 e. The van der Waals surface area contributed by atoms with Crippen LogP contribution in [-0.2, 0) is 6.61 Å². The molecule has 0 fully saturated rings. The van der Waals surface area contributed by atoms with Gasteiger partial charge in [0.25, 0.3) is 0 Å². The summed E-state index contributed by atoms with van der Waals surface area (Å²) in [6, 6.07) is 11.8. The van der Waals surface area contributed by atoms with Gasteiger partial charge >= 0.3 is 0 Å². The highest BCUT2D eigenvalue weighted by Crippen LogP contribution is 2.12. The SMILES string of the molecule is Cc1ccc(COc2ccc(N)nc2)cc1. The van der Waals surface area contributed by atoms with Crippen LogP contribution in [0.5, 0.6) is 5.75 Å². The monoisotopic (exact) mass is 214 g/mol. The van der Waals surface area contributed by atoms with Crippen molar-refractivity contribution in [2.45, 2.75) is 13.5 Å². The number of rotatable bonds is 3. The number of pyridine rings is 1. The van der Waals surface area contributed by atoms with Gasteiger partial charge in [0.15, 0.2) is 0 Å². The normalized spacial score (nSPS) is 10.1. The Labute approximate surface area is 94.9 Å². The molecule has 0 atom stereocenters. The highest BCUT2D eigenvalue weighted by molar-refractivity contribution is 5.32. The minimum absolute atomic E-state index is 0.502. The van der Waals surface area contributed by atoms with Gasteiger partial charge in [0.2, 0.25) is 0 Å². The number of hydrogen-bond donors (Lipinski definition) is 1. The van der Waals surface area contributed by atoms with Crippen molar-refractivity contribution in [3.63, 3.8) is 0 Å². The lowest BCUT2D eigenvalue weighted by Gasteiger charge is -2.06. The van der Waals surface area contributed by atoms with Crippen LogP contribution in [0, 0.1) is 6.92 Å². The van der Waals surface area contributed by atoms with Gasteiger partial charge in [0.05, 0.1) is 6.20 Å². The topological polar surface area (TPSA) is 48.1 Å². The zero-order chi connectivity index (χ0) is 11.4. The molecule has 2 rings (SSSR count). The van der Waals surface area contributed by atoms with Gasteiger partial charge in [-0.15, -0.1) is 0 Å². The molecule has 3 heteroatoms. The second-order valence-electron chi connectivity index (χ2n) is 3.69. The molecule has 0 bridgehead atoms. The Hall–Kier alpha value is -2.03. The molecule has 2 aromatic rings. The highest BCUT2D eigenvalue weighted by Gasteiger charge is 1.96. The van der Waals surface area contributed by atoms with Crippen molar-refractivity contribution in [1.29, 1.82) is 0 Å². The third-order valence-electron chi connectivity index (χ3n) is 2.29. The predicted octanol–water partition coefficient (Wildman–Crippen LogP) is 2.55. The van der Waals surface area contributed by atoms with Crippen molar-refractivity contribution < 1.29 is 4.74 Å². The maximum Gasteiger partial charge on any atom is 0.138 e. The van der Waals surface area contributed by atoms with E-state index in [2.05, 4.69) is 36.2 Å². The molecular weight excluding hydrogens is 200 g/mol. The zero-order valence-corrected chi connectivity index (χ0v) is 9.18. The molecule has 82 valence electrons. The molecule has 0 amide bonds. The lowest BCUT2D eigenvalue weighted by Crippen LogP contribution is -1.96. The Kier molecular flexibility index (Phi) is 3.05. The van der Waals surface area contributed by atoms with E-state index in [1.165, 1.54) is 5.56 Å².